The molecule has 0 amide bonds. The zero-order chi connectivity index (χ0) is 11.3. The van der Waals surface area contributed by atoms with Gasteiger partial charge in [0.05, 0.1) is 6.10 Å². The molecule has 1 atom stereocenters. The first kappa shape index (κ1) is 12.7. The van der Waals surface area contributed by atoms with Crippen molar-refractivity contribution in [2.45, 2.75) is 39.8 Å². The zero-order valence-corrected chi connectivity index (χ0v) is 10.6. The van der Waals surface area contributed by atoms with Crippen LogP contribution in [0.25, 0.3) is 0 Å². The van der Waals surface area contributed by atoms with Crippen LogP contribution in [-0.4, -0.2) is 17.8 Å². The fourth-order valence-corrected chi connectivity index (χ4v) is 2.21. The summed E-state index contributed by atoms with van der Waals surface area (Å²) < 4.78 is 0. The molecule has 0 aromatic carbocycles. The normalized spacial score (nSPS) is 13.4. The van der Waals surface area contributed by atoms with Crippen molar-refractivity contribution >= 4 is 11.3 Å². The summed E-state index contributed by atoms with van der Waals surface area (Å²) in [4.78, 5) is 2.78. The summed E-state index contributed by atoms with van der Waals surface area (Å²) in [5, 5.41) is 12.9. The van der Waals surface area contributed by atoms with E-state index in [1.54, 1.807) is 0 Å². The Balaban J connectivity index is 2.25. The molecule has 0 fully saturated rings. The van der Waals surface area contributed by atoms with Gasteiger partial charge in [-0.05, 0) is 24.5 Å². The average Bonchev–Trinajstić information content (AvgIpc) is 2.65. The van der Waals surface area contributed by atoms with Gasteiger partial charge < -0.3 is 10.4 Å². The summed E-state index contributed by atoms with van der Waals surface area (Å²) in [5.74, 6) is 0.326. The Morgan fingerprint density at radius 3 is 2.53 bits per heavy atom. The third kappa shape index (κ3) is 4.33. The standard InChI is InChI=1S/C12H21NOS/c1-4-10-5-6-11(15-10)7-13-8-12(14)9(2)3/h5-6,9,12-14H,4,7-8H2,1-3H3. The number of aliphatic hydroxyl groups is 1. The molecule has 0 aliphatic heterocycles. The third-order valence-corrected chi connectivity index (χ3v) is 3.72. The van der Waals surface area contributed by atoms with Crippen LogP contribution in [0.3, 0.4) is 0 Å². The second kappa shape index (κ2) is 6.26. The molecule has 2 N–H and O–H groups in total. The summed E-state index contributed by atoms with van der Waals surface area (Å²) in [6, 6.07) is 4.35. The Morgan fingerprint density at radius 1 is 1.33 bits per heavy atom. The molecule has 0 saturated heterocycles. The number of aryl methyl sites for hydroxylation is 1. The minimum atomic E-state index is -0.240. The lowest BCUT2D eigenvalue weighted by atomic mass is 10.1. The molecule has 15 heavy (non-hydrogen) atoms. The van der Waals surface area contributed by atoms with Crippen molar-refractivity contribution in [3.63, 3.8) is 0 Å². The lowest BCUT2D eigenvalue weighted by Gasteiger charge is -2.14. The number of thiophene rings is 1. The van der Waals surface area contributed by atoms with Crippen LogP contribution in [0, 0.1) is 5.92 Å². The Bertz CT molecular complexity index is 283. The van der Waals surface area contributed by atoms with Gasteiger partial charge in [-0.3, -0.25) is 0 Å². The second-order valence-corrected chi connectivity index (χ2v) is 5.42. The average molecular weight is 227 g/mol. The first-order valence-electron chi connectivity index (χ1n) is 5.59. The minimum Gasteiger partial charge on any atom is -0.392 e. The SMILES string of the molecule is CCc1ccc(CNCC(O)C(C)C)s1. The molecular formula is C12H21NOS. The molecule has 0 spiro atoms. The molecular weight excluding hydrogens is 206 g/mol. The number of hydrogen-bond donors (Lipinski definition) is 2. The Hall–Kier alpha value is -0.380. The molecule has 3 heteroatoms. The van der Waals surface area contributed by atoms with Crippen LogP contribution in [-0.2, 0) is 13.0 Å². The van der Waals surface area contributed by atoms with Gasteiger partial charge in [-0.25, -0.2) is 0 Å². The Labute approximate surface area is 96.3 Å². The van der Waals surface area contributed by atoms with E-state index in [1.165, 1.54) is 9.75 Å². The van der Waals surface area contributed by atoms with E-state index in [1.807, 2.05) is 25.2 Å². The number of nitrogens with one attached hydrogen (secondary N) is 1. The van der Waals surface area contributed by atoms with Gasteiger partial charge in [0.1, 0.15) is 0 Å². The van der Waals surface area contributed by atoms with Crippen LogP contribution in [0.15, 0.2) is 12.1 Å². The number of aliphatic hydroxyl groups excluding tert-OH is 1. The van der Waals surface area contributed by atoms with E-state index < -0.39 is 0 Å². The van der Waals surface area contributed by atoms with Gasteiger partial charge >= 0.3 is 0 Å². The van der Waals surface area contributed by atoms with Crippen LogP contribution in [0.5, 0.6) is 0 Å². The summed E-state index contributed by atoms with van der Waals surface area (Å²) in [6.45, 7) is 7.79. The molecule has 0 aliphatic carbocycles. The first-order chi connectivity index (χ1) is 7.13. The predicted molar refractivity (Wildman–Crippen MR) is 66.2 cm³/mol. The van der Waals surface area contributed by atoms with Crippen LogP contribution in [0.2, 0.25) is 0 Å². The van der Waals surface area contributed by atoms with Crippen LogP contribution in [0.4, 0.5) is 0 Å². The number of rotatable bonds is 6. The highest BCUT2D eigenvalue weighted by Gasteiger charge is 2.08. The van der Waals surface area contributed by atoms with Gasteiger partial charge in [-0.15, -0.1) is 11.3 Å². The van der Waals surface area contributed by atoms with Crippen LogP contribution < -0.4 is 5.32 Å². The van der Waals surface area contributed by atoms with Crippen molar-refractivity contribution in [3.8, 4) is 0 Å². The molecule has 1 aromatic heterocycles. The van der Waals surface area contributed by atoms with E-state index in [0.717, 1.165) is 13.0 Å². The van der Waals surface area contributed by atoms with Gasteiger partial charge in [-0.1, -0.05) is 20.8 Å². The monoisotopic (exact) mass is 227 g/mol. The van der Waals surface area contributed by atoms with E-state index in [2.05, 4.69) is 24.4 Å². The molecule has 0 radical (unpaired) electrons. The molecule has 2 nitrogen and oxygen atoms in total. The van der Waals surface area contributed by atoms with E-state index in [0.29, 0.717) is 12.5 Å². The zero-order valence-electron chi connectivity index (χ0n) is 9.79. The molecule has 0 bridgehead atoms. The summed E-state index contributed by atoms with van der Waals surface area (Å²) in [6.07, 6.45) is 0.870. The molecule has 0 saturated carbocycles. The van der Waals surface area contributed by atoms with E-state index in [-0.39, 0.29) is 6.10 Å². The van der Waals surface area contributed by atoms with Crippen LogP contribution in [0.1, 0.15) is 30.5 Å². The first-order valence-corrected chi connectivity index (χ1v) is 6.41. The van der Waals surface area contributed by atoms with Crippen molar-refractivity contribution < 1.29 is 5.11 Å². The van der Waals surface area contributed by atoms with Gasteiger partial charge in [0.2, 0.25) is 0 Å². The summed E-state index contributed by atoms with van der Waals surface area (Å²) in [7, 11) is 0. The lowest BCUT2D eigenvalue weighted by molar-refractivity contribution is 0.123. The van der Waals surface area contributed by atoms with Crippen molar-refractivity contribution in [3.05, 3.63) is 21.9 Å². The molecule has 0 aliphatic rings. The van der Waals surface area contributed by atoms with Gasteiger partial charge in [0.15, 0.2) is 0 Å². The highest BCUT2D eigenvalue weighted by Crippen LogP contribution is 2.16. The van der Waals surface area contributed by atoms with Crippen molar-refractivity contribution in [1.29, 1.82) is 0 Å². The van der Waals surface area contributed by atoms with Gasteiger partial charge in [0, 0.05) is 22.8 Å². The predicted octanol–water partition coefficient (Wildman–Crippen LogP) is 2.42. The molecule has 1 unspecified atom stereocenters. The van der Waals surface area contributed by atoms with E-state index in [9.17, 15) is 5.11 Å². The summed E-state index contributed by atoms with van der Waals surface area (Å²) in [5.41, 5.74) is 0. The molecule has 1 heterocycles. The lowest BCUT2D eigenvalue weighted by Crippen LogP contribution is -2.29. The maximum Gasteiger partial charge on any atom is 0.0687 e. The quantitative estimate of drug-likeness (QED) is 0.782. The van der Waals surface area contributed by atoms with Crippen LogP contribution >= 0.6 is 11.3 Å². The van der Waals surface area contributed by atoms with Crippen molar-refractivity contribution in [1.82, 2.24) is 5.32 Å². The van der Waals surface area contributed by atoms with Crippen molar-refractivity contribution in [2.24, 2.45) is 5.92 Å². The Morgan fingerprint density at radius 2 is 2.00 bits per heavy atom. The highest BCUT2D eigenvalue weighted by molar-refractivity contribution is 7.11. The molecule has 86 valence electrons. The van der Waals surface area contributed by atoms with E-state index in [4.69, 9.17) is 0 Å². The highest BCUT2D eigenvalue weighted by atomic mass is 32.1. The largest absolute Gasteiger partial charge is 0.392 e. The number of hydrogen-bond acceptors (Lipinski definition) is 3. The Kier molecular flexibility index (Phi) is 5.29. The van der Waals surface area contributed by atoms with E-state index >= 15 is 0 Å². The third-order valence-electron chi connectivity index (χ3n) is 2.49. The fraction of sp³-hybridized carbons (Fsp3) is 0.667. The van der Waals surface area contributed by atoms with Gasteiger partial charge in [-0.2, -0.15) is 0 Å². The fourth-order valence-electron chi connectivity index (χ4n) is 1.29. The topological polar surface area (TPSA) is 32.3 Å². The second-order valence-electron chi connectivity index (χ2n) is 4.16. The summed E-state index contributed by atoms with van der Waals surface area (Å²) >= 11 is 1.85. The maximum absolute atomic E-state index is 9.60. The minimum absolute atomic E-state index is 0.240. The molecule has 1 rings (SSSR count). The maximum atomic E-state index is 9.60. The smallest absolute Gasteiger partial charge is 0.0687 e. The van der Waals surface area contributed by atoms with Gasteiger partial charge in [0.25, 0.3) is 0 Å². The van der Waals surface area contributed by atoms with Crippen molar-refractivity contribution in [2.75, 3.05) is 6.54 Å². The molecule has 1 aromatic rings.